The molecule has 2 aliphatic heterocycles. The Morgan fingerprint density at radius 2 is 2.00 bits per heavy atom. The molecule has 1 spiro atoms. The molecule has 0 bridgehead atoms. The molecule has 0 radical (unpaired) electrons. The van der Waals surface area contributed by atoms with Gasteiger partial charge < -0.3 is 25.2 Å². The summed E-state index contributed by atoms with van der Waals surface area (Å²) in [6.07, 6.45) is 0.686. The third-order valence-electron chi connectivity index (χ3n) is 5.47. The molecule has 1 atom stereocenters. The topological polar surface area (TPSA) is 112 Å². The van der Waals surface area contributed by atoms with Gasteiger partial charge in [-0.25, -0.2) is 9.78 Å². The molecule has 3 N–H and O–H groups in total. The number of aromatic nitrogens is 1. The van der Waals surface area contributed by atoms with E-state index in [9.17, 15) is 19.8 Å². The van der Waals surface area contributed by atoms with Crippen LogP contribution < -0.4 is 10.1 Å². The van der Waals surface area contributed by atoms with Crippen LogP contribution >= 0.6 is 15.9 Å². The Balaban J connectivity index is 1.61. The number of aromatic hydroxyl groups is 1. The van der Waals surface area contributed by atoms with Crippen LogP contribution in [-0.2, 0) is 0 Å². The number of amides is 2. The van der Waals surface area contributed by atoms with Crippen LogP contribution in [0.4, 0.5) is 4.79 Å². The molecule has 0 aliphatic carbocycles. The second-order valence-electron chi connectivity index (χ2n) is 7.35. The maximum atomic E-state index is 12.7. The van der Waals surface area contributed by atoms with Crippen LogP contribution in [0.5, 0.6) is 11.6 Å². The number of rotatable bonds is 2. The molecule has 8 nitrogen and oxygen atoms in total. The Morgan fingerprint density at radius 1 is 1.24 bits per heavy atom. The molecule has 1 saturated heterocycles. The lowest BCUT2D eigenvalue weighted by atomic mass is 9.80. The van der Waals surface area contributed by atoms with Gasteiger partial charge in [0.25, 0.3) is 5.91 Å². The van der Waals surface area contributed by atoms with E-state index in [1.54, 1.807) is 6.07 Å². The average Bonchev–Trinajstić information content (AvgIpc) is 2.69. The molecule has 0 saturated carbocycles. The summed E-state index contributed by atoms with van der Waals surface area (Å²) in [7, 11) is 0. The predicted molar refractivity (Wildman–Crippen MR) is 107 cm³/mol. The molecule has 1 fully saturated rings. The number of benzene rings is 1. The molecule has 1 unspecified atom stereocenters. The third kappa shape index (κ3) is 4.00. The highest BCUT2D eigenvalue weighted by Gasteiger charge is 2.44. The van der Waals surface area contributed by atoms with Gasteiger partial charge >= 0.3 is 6.09 Å². The van der Waals surface area contributed by atoms with E-state index in [-0.39, 0.29) is 17.6 Å². The maximum Gasteiger partial charge on any atom is 0.407 e. The van der Waals surface area contributed by atoms with E-state index in [4.69, 9.17) is 4.74 Å². The number of fused-ring (bicyclic) bond motifs is 1. The first-order chi connectivity index (χ1) is 13.8. The molecule has 2 aliphatic rings. The van der Waals surface area contributed by atoms with Crippen molar-refractivity contribution in [1.29, 1.82) is 0 Å². The number of carbonyl (C=O) groups is 2. The Morgan fingerprint density at radius 3 is 2.69 bits per heavy atom. The van der Waals surface area contributed by atoms with Crippen molar-refractivity contribution in [1.82, 2.24) is 15.2 Å². The Hall–Kier alpha value is -2.81. The molecule has 3 heterocycles. The van der Waals surface area contributed by atoms with Gasteiger partial charge in [-0.2, -0.15) is 0 Å². The fourth-order valence-electron chi connectivity index (χ4n) is 3.96. The van der Waals surface area contributed by atoms with Gasteiger partial charge in [0, 0.05) is 48.5 Å². The molecule has 152 valence electrons. The van der Waals surface area contributed by atoms with Crippen LogP contribution in [-0.4, -0.2) is 50.8 Å². The molecular weight excluding hydrogens is 442 g/mol. The predicted octanol–water partition coefficient (Wildman–Crippen LogP) is 3.32. The Bertz CT molecular complexity index is 959. The lowest BCUT2D eigenvalue weighted by Crippen LogP contribution is -2.53. The summed E-state index contributed by atoms with van der Waals surface area (Å²) in [5, 5.41) is 21.8. The van der Waals surface area contributed by atoms with Crippen molar-refractivity contribution in [2.24, 2.45) is 0 Å². The number of piperidine rings is 1. The number of carbonyl (C=O) groups excluding carboxylic acids is 1. The lowest BCUT2D eigenvalue weighted by Gasteiger charge is -2.46. The van der Waals surface area contributed by atoms with E-state index in [0.717, 1.165) is 10.0 Å². The first kappa shape index (κ1) is 19.5. The van der Waals surface area contributed by atoms with Crippen LogP contribution in [0.3, 0.4) is 0 Å². The fourth-order valence-corrected chi connectivity index (χ4v) is 4.34. The van der Waals surface area contributed by atoms with Gasteiger partial charge in [-0.15, -0.1) is 0 Å². The van der Waals surface area contributed by atoms with E-state index < -0.39 is 17.6 Å². The van der Waals surface area contributed by atoms with E-state index in [2.05, 4.69) is 26.2 Å². The Labute approximate surface area is 175 Å². The number of pyridine rings is 1. The summed E-state index contributed by atoms with van der Waals surface area (Å²) in [5.41, 5.74) is 0.429. The van der Waals surface area contributed by atoms with Gasteiger partial charge in [0.2, 0.25) is 5.88 Å². The minimum Gasteiger partial charge on any atom is -0.493 e. The van der Waals surface area contributed by atoms with E-state index in [0.29, 0.717) is 38.1 Å². The van der Waals surface area contributed by atoms with Gasteiger partial charge in [-0.3, -0.25) is 4.79 Å². The number of carboxylic acid groups (broad SMARTS) is 1. The van der Waals surface area contributed by atoms with Crippen LogP contribution in [0, 0.1) is 0 Å². The van der Waals surface area contributed by atoms with E-state index in [1.165, 1.54) is 17.0 Å². The highest BCUT2D eigenvalue weighted by Crippen LogP contribution is 2.45. The number of nitrogens with zero attached hydrogens (tertiary/aromatic N) is 2. The molecular formula is C20H20BrN3O5. The molecule has 2 amide bonds. The zero-order valence-corrected chi connectivity index (χ0v) is 17.1. The van der Waals surface area contributed by atoms with Crippen molar-refractivity contribution >= 4 is 27.9 Å². The van der Waals surface area contributed by atoms with Gasteiger partial charge in [0.05, 0.1) is 6.04 Å². The zero-order chi connectivity index (χ0) is 20.6. The third-order valence-corrected chi connectivity index (χ3v) is 5.96. The highest BCUT2D eigenvalue weighted by molar-refractivity contribution is 9.10. The van der Waals surface area contributed by atoms with E-state index >= 15 is 0 Å². The Kier molecular flexibility index (Phi) is 5.08. The van der Waals surface area contributed by atoms with Gasteiger partial charge in [-0.1, -0.05) is 22.0 Å². The minimum atomic E-state index is -0.931. The number of halogens is 1. The number of nitrogens with one attached hydrogen (secondary N) is 1. The lowest BCUT2D eigenvalue weighted by molar-refractivity contribution is -0.0205. The van der Waals surface area contributed by atoms with Gasteiger partial charge in [-0.05, 0) is 24.3 Å². The van der Waals surface area contributed by atoms with Crippen molar-refractivity contribution in [3.63, 3.8) is 0 Å². The van der Waals surface area contributed by atoms with Crippen molar-refractivity contribution in [2.75, 3.05) is 13.1 Å². The largest absolute Gasteiger partial charge is 0.493 e. The quantitative estimate of drug-likeness (QED) is 0.632. The number of likely N-dealkylation sites (tertiary alicyclic amines) is 1. The van der Waals surface area contributed by atoms with Crippen molar-refractivity contribution in [2.45, 2.75) is 30.9 Å². The van der Waals surface area contributed by atoms with Crippen LogP contribution in [0.25, 0.3) is 0 Å². The highest BCUT2D eigenvalue weighted by atomic mass is 79.9. The second kappa shape index (κ2) is 7.55. The molecule has 9 heteroatoms. The first-order valence-corrected chi connectivity index (χ1v) is 10.1. The molecule has 1 aromatic heterocycles. The average molecular weight is 462 g/mol. The van der Waals surface area contributed by atoms with Crippen LogP contribution in [0.15, 0.2) is 40.9 Å². The normalized spacial score (nSPS) is 19.9. The van der Waals surface area contributed by atoms with E-state index in [1.807, 2.05) is 18.2 Å². The molecule has 2 aromatic rings. The number of hydrogen-bond acceptors (Lipinski definition) is 5. The number of hydrogen-bond donors (Lipinski definition) is 3. The summed E-state index contributed by atoms with van der Waals surface area (Å²) < 4.78 is 7.20. The first-order valence-electron chi connectivity index (χ1n) is 9.28. The van der Waals surface area contributed by atoms with Crippen molar-refractivity contribution < 1.29 is 24.5 Å². The van der Waals surface area contributed by atoms with Gasteiger partial charge in [0.15, 0.2) is 0 Å². The molecule has 29 heavy (non-hydrogen) atoms. The summed E-state index contributed by atoms with van der Waals surface area (Å²) >= 11 is 3.46. The van der Waals surface area contributed by atoms with Crippen molar-refractivity contribution in [3.05, 3.63) is 52.1 Å². The smallest absolute Gasteiger partial charge is 0.407 e. The SMILES string of the molecule is O=C(NC1CC2(CCN(C(=O)O)CC2)Oc2ccc(Br)cc21)c1cccc(O)n1. The summed E-state index contributed by atoms with van der Waals surface area (Å²) in [6.45, 7) is 0.770. The standard InChI is InChI=1S/C20H20BrN3O5/c21-12-4-5-16-13(10-12)15(23-18(26)14-2-1-3-17(25)22-14)11-20(29-16)6-8-24(9-7-20)19(27)28/h1-5,10,15H,6-9,11H2,(H,22,25)(H,23,26)(H,27,28). The monoisotopic (exact) mass is 461 g/mol. The minimum absolute atomic E-state index is 0.128. The summed E-state index contributed by atoms with van der Waals surface area (Å²) in [4.78, 5) is 29.3. The maximum absolute atomic E-state index is 12.7. The van der Waals surface area contributed by atoms with Crippen LogP contribution in [0.2, 0.25) is 0 Å². The summed E-state index contributed by atoms with van der Waals surface area (Å²) in [6, 6.07) is 9.82. The summed E-state index contributed by atoms with van der Waals surface area (Å²) in [5.74, 6) is 0.0690. The van der Waals surface area contributed by atoms with Crippen LogP contribution in [0.1, 0.15) is 41.4 Å². The molecule has 1 aromatic carbocycles. The fraction of sp³-hybridized carbons (Fsp3) is 0.350. The van der Waals surface area contributed by atoms with Crippen molar-refractivity contribution in [3.8, 4) is 11.6 Å². The van der Waals surface area contributed by atoms with Gasteiger partial charge in [0.1, 0.15) is 17.0 Å². The molecule has 4 rings (SSSR count). The zero-order valence-electron chi connectivity index (χ0n) is 15.5. The number of ether oxygens (including phenoxy) is 1. The second-order valence-corrected chi connectivity index (χ2v) is 8.26.